The number of aliphatic hydroxyl groups is 1. The number of rotatable bonds is 1. The van der Waals surface area contributed by atoms with Gasteiger partial charge in [0.1, 0.15) is 0 Å². The van der Waals surface area contributed by atoms with Crippen molar-refractivity contribution in [1.29, 1.82) is 0 Å². The number of aliphatic carboxylic acids is 1. The van der Waals surface area contributed by atoms with E-state index >= 15 is 0 Å². The Hall–Kier alpha value is -0.610. The second-order valence-electron chi connectivity index (χ2n) is 3.08. The normalized spacial score (nSPS) is 38.5. The molecule has 1 aliphatic carbocycles. The van der Waals surface area contributed by atoms with E-state index in [9.17, 15) is 4.79 Å². The van der Waals surface area contributed by atoms with Crippen LogP contribution in [0.3, 0.4) is 0 Å². The first-order valence-corrected chi connectivity index (χ1v) is 3.77. The summed E-state index contributed by atoms with van der Waals surface area (Å²) in [5.74, 6) is -1.30. The van der Waals surface area contributed by atoms with Crippen LogP contribution >= 0.6 is 0 Å². The van der Waals surface area contributed by atoms with Gasteiger partial charge >= 0.3 is 5.97 Å². The van der Waals surface area contributed by atoms with Crippen molar-refractivity contribution in [3.8, 4) is 0 Å². The molecular formula is C7H13NO3. The van der Waals surface area contributed by atoms with Crippen molar-refractivity contribution in [2.24, 2.45) is 11.7 Å². The summed E-state index contributed by atoms with van der Waals surface area (Å²) < 4.78 is 0. The van der Waals surface area contributed by atoms with E-state index in [0.717, 1.165) is 0 Å². The molecule has 4 heteroatoms. The van der Waals surface area contributed by atoms with Crippen LogP contribution in [0.2, 0.25) is 0 Å². The van der Waals surface area contributed by atoms with E-state index in [1.54, 1.807) is 0 Å². The highest BCUT2D eigenvalue weighted by atomic mass is 16.4. The minimum atomic E-state index is -0.843. The predicted octanol–water partition coefficient (Wildman–Crippen LogP) is -0.441. The largest absolute Gasteiger partial charge is 0.481 e. The van der Waals surface area contributed by atoms with Gasteiger partial charge in [-0.2, -0.15) is 0 Å². The van der Waals surface area contributed by atoms with Crippen molar-refractivity contribution in [3.63, 3.8) is 0 Å². The lowest BCUT2D eigenvalue weighted by atomic mass is 9.83. The maximum atomic E-state index is 10.5. The molecule has 0 saturated heterocycles. The molecule has 1 saturated carbocycles. The molecule has 11 heavy (non-hydrogen) atoms. The van der Waals surface area contributed by atoms with Crippen LogP contribution < -0.4 is 5.73 Å². The van der Waals surface area contributed by atoms with Gasteiger partial charge in [0.05, 0.1) is 12.0 Å². The fourth-order valence-corrected chi connectivity index (χ4v) is 1.49. The smallest absolute Gasteiger partial charge is 0.308 e. The zero-order valence-electron chi connectivity index (χ0n) is 6.23. The first-order valence-electron chi connectivity index (χ1n) is 3.77. The molecule has 0 aromatic rings. The van der Waals surface area contributed by atoms with Crippen molar-refractivity contribution >= 4 is 5.97 Å². The number of carbonyl (C=O) groups is 1. The Morgan fingerprint density at radius 2 is 2.09 bits per heavy atom. The Morgan fingerprint density at radius 1 is 1.45 bits per heavy atom. The highest BCUT2D eigenvalue weighted by Crippen LogP contribution is 2.23. The fraction of sp³-hybridized carbons (Fsp3) is 0.857. The van der Waals surface area contributed by atoms with E-state index in [0.29, 0.717) is 19.3 Å². The Morgan fingerprint density at radius 3 is 2.55 bits per heavy atom. The lowest BCUT2D eigenvalue weighted by Gasteiger charge is -2.28. The molecule has 64 valence electrons. The van der Waals surface area contributed by atoms with E-state index in [1.807, 2.05) is 0 Å². The lowest BCUT2D eigenvalue weighted by Crippen LogP contribution is -2.42. The quantitative estimate of drug-likeness (QED) is 0.484. The molecule has 0 heterocycles. The fourth-order valence-electron chi connectivity index (χ4n) is 1.49. The van der Waals surface area contributed by atoms with Crippen molar-refractivity contribution in [1.82, 2.24) is 0 Å². The molecule has 1 rings (SSSR count). The zero-order valence-corrected chi connectivity index (χ0v) is 6.23. The van der Waals surface area contributed by atoms with Crippen molar-refractivity contribution in [2.45, 2.75) is 31.4 Å². The molecule has 3 atom stereocenters. The van der Waals surface area contributed by atoms with Gasteiger partial charge in [-0.05, 0) is 19.3 Å². The lowest BCUT2D eigenvalue weighted by molar-refractivity contribution is -0.144. The number of hydrogen-bond donors (Lipinski definition) is 3. The van der Waals surface area contributed by atoms with E-state index < -0.39 is 18.0 Å². The average molecular weight is 159 g/mol. The van der Waals surface area contributed by atoms with E-state index in [2.05, 4.69) is 0 Å². The van der Waals surface area contributed by atoms with Crippen LogP contribution in [0.15, 0.2) is 0 Å². The molecule has 1 aliphatic rings. The highest BCUT2D eigenvalue weighted by molar-refractivity contribution is 5.71. The maximum Gasteiger partial charge on any atom is 0.308 e. The van der Waals surface area contributed by atoms with E-state index in [1.165, 1.54) is 0 Å². The van der Waals surface area contributed by atoms with Gasteiger partial charge in [0.2, 0.25) is 0 Å². The van der Waals surface area contributed by atoms with Gasteiger partial charge in [-0.15, -0.1) is 0 Å². The van der Waals surface area contributed by atoms with Crippen LogP contribution in [0.5, 0.6) is 0 Å². The van der Waals surface area contributed by atoms with Crippen molar-refractivity contribution in [2.75, 3.05) is 0 Å². The SMILES string of the molecule is N[C@H]1C[C@H](O)CC[C@@H]1C(=O)O. The molecule has 4 nitrogen and oxygen atoms in total. The minimum Gasteiger partial charge on any atom is -0.481 e. The summed E-state index contributed by atoms with van der Waals surface area (Å²) in [5.41, 5.74) is 5.53. The van der Waals surface area contributed by atoms with Crippen molar-refractivity contribution in [3.05, 3.63) is 0 Å². The number of carboxylic acid groups (broad SMARTS) is 1. The summed E-state index contributed by atoms with van der Waals surface area (Å²) in [5, 5.41) is 17.7. The summed E-state index contributed by atoms with van der Waals surface area (Å²) in [6, 6.07) is -0.378. The number of hydrogen-bond acceptors (Lipinski definition) is 3. The second kappa shape index (κ2) is 3.19. The van der Waals surface area contributed by atoms with Gasteiger partial charge in [-0.25, -0.2) is 0 Å². The first kappa shape index (κ1) is 8.49. The van der Waals surface area contributed by atoms with Crippen LogP contribution in [0, 0.1) is 5.92 Å². The predicted molar refractivity (Wildman–Crippen MR) is 39.0 cm³/mol. The number of aliphatic hydroxyl groups excluding tert-OH is 1. The Balaban J connectivity index is 2.50. The van der Waals surface area contributed by atoms with Crippen LogP contribution in [0.25, 0.3) is 0 Å². The van der Waals surface area contributed by atoms with Gasteiger partial charge in [0.15, 0.2) is 0 Å². The van der Waals surface area contributed by atoms with Gasteiger partial charge < -0.3 is 15.9 Å². The first-order chi connectivity index (χ1) is 5.11. The molecule has 4 N–H and O–H groups in total. The Kier molecular flexibility index (Phi) is 2.46. The van der Waals surface area contributed by atoms with E-state index in [-0.39, 0.29) is 6.04 Å². The molecule has 0 aromatic carbocycles. The second-order valence-corrected chi connectivity index (χ2v) is 3.08. The molecular weight excluding hydrogens is 146 g/mol. The van der Waals surface area contributed by atoms with Gasteiger partial charge in [-0.1, -0.05) is 0 Å². The van der Waals surface area contributed by atoms with Gasteiger partial charge in [0.25, 0.3) is 0 Å². The highest BCUT2D eigenvalue weighted by Gasteiger charge is 2.31. The third kappa shape index (κ3) is 1.91. The van der Waals surface area contributed by atoms with Crippen molar-refractivity contribution < 1.29 is 15.0 Å². The summed E-state index contributed by atoms with van der Waals surface area (Å²) in [7, 11) is 0. The maximum absolute atomic E-state index is 10.5. The Labute approximate surface area is 65.0 Å². The van der Waals surface area contributed by atoms with Gasteiger partial charge in [0, 0.05) is 6.04 Å². The molecule has 1 fully saturated rings. The molecule has 0 spiro atoms. The third-order valence-corrected chi connectivity index (χ3v) is 2.19. The molecule has 0 unspecified atom stereocenters. The standard InChI is InChI=1S/C7H13NO3/c8-6-3-4(9)1-2-5(6)7(10)11/h4-6,9H,1-3,8H2,(H,10,11)/t4-,5+,6+/m1/s1. The summed E-state index contributed by atoms with van der Waals surface area (Å²) in [4.78, 5) is 10.5. The molecule has 0 aromatic heterocycles. The topological polar surface area (TPSA) is 83.5 Å². The van der Waals surface area contributed by atoms with Crippen LogP contribution in [0.4, 0.5) is 0 Å². The third-order valence-electron chi connectivity index (χ3n) is 2.19. The van der Waals surface area contributed by atoms with Gasteiger partial charge in [-0.3, -0.25) is 4.79 Å². The monoisotopic (exact) mass is 159 g/mol. The minimum absolute atomic E-state index is 0.378. The Bertz CT molecular complexity index is 160. The molecule has 0 amide bonds. The number of nitrogens with two attached hydrogens (primary N) is 1. The molecule has 0 aliphatic heterocycles. The average Bonchev–Trinajstić information content (AvgIpc) is 1.85. The molecule has 0 bridgehead atoms. The van der Waals surface area contributed by atoms with Crippen LogP contribution in [-0.4, -0.2) is 28.3 Å². The van der Waals surface area contributed by atoms with Crippen LogP contribution in [-0.2, 0) is 4.79 Å². The number of carboxylic acids is 1. The molecule has 0 radical (unpaired) electrons. The zero-order chi connectivity index (χ0) is 8.43. The van der Waals surface area contributed by atoms with Crippen LogP contribution in [0.1, 0.15) is 19.3 Å². The summed E-state index contributed by atoms with van der Waals surface area (Å²) in [6.45, 7) is 0. The summed E-state index contributed by atoms with van der Waals surface area (Å²) in [6.07, 6.45) is 1.07. The summed E-state index contributed by atoms with van der Waals surface area (Å²) >= 11 is 0. The van der Waals surface area contributed by atoms with E-state index in [4.69, 9.17) is 15.9 Å².